The maximum absolute atomic E-state index is 11.7. The van der Waals surface area contributed by atoms with Gasteiger partial charge in [-0.05, 0) is 25.2 Å². The number of carbonyl (C=O) groups excluding carboxylic acids is 1. The lowest BCUT2D eigenvalue weighted by Gasteiger charge is -2.29. The largest absolute Gasteiger partial charge is 0.291 e. The van der Waals surface area contributed by atoms with E-state index in [9.17, 15) is 4.79 Å². The Labute approximate surface area is 95.1 Å². The third kappa shape index (κ3) is 4.24. The first-order valence-electron chi connectivity index (χ1n) is 4.47. The fourth-order valence-electron chi connectivity index (χ4n) is 1.07. The lowest BCUT2D eigenvalue weighted by molar-refractivity contribution is -0.126. The molecule has 0 saturated heterocycles. The summed E-state index contributed by atoms with van der Waals surface area (Å²) in [4.78, 5) is 11.7. The normalized spacial score (nSPS) is 13.8. The lowest BCUT2D eigenvalue weighted by atomic mass is 10.2. The van der Waals surface area contributed by atoms with Crippen molar-refractivity contribution in [1.29, 1.82) is 0 Å². The molecule has 0 aromatic rings. The van der Waals surface area contributed by atoms with E-state index in [1.807, 2.05) is 6.92 Å². The van der Waals surface area contributed by atoms with E-state index in [-0.39, 0.29) is 5.91 Å². The van der Waals surface area contributed by atoms with Gasteiger partial charge in [0.25, 0.3) is 0 Å². The molecule has 0 saturated carbocycles. The second-order valence-electron chi connectivity index (χ2n) is 2.98. The van der Waals surface area contributed by atoms with Gasteiger partial charge in [-0.2, -0.15) is 0 Å². The molecule has 4 nitrogen and oxygen atoms in total. The molecule has 0 aliphatic rings. The van der Waals surface area contributed by atoms with E-state index in [1.54, 1.807) is 6.92 Å². The molecule has 0 spiro atoms. The summed E-state index contributed by atoms with van der Waals surface area (Å²) in [6.45, 7) is 1.48. The SMILES string of the molecule is CCCC(Cl)C(=O)N(CC)P(N)(N)=S. The fourth-order valence-corrected chi connectivity index (χ4v) is 2.95. The molecule has 4 N–H and O–H groups in total. The summed E-state index contributed by atoms with van der Waals surface area (Å²) in [5.41, 5.74) is 11.2. The highest BCUT2D eigenvalue weighted by molar-refractivity contribution is 8.11. The first kappa shape index (κ1) is 14.3. The number of hydrogen-bond acceptors (Lipinski definition) is 2. The van der Waals surface area contributed by atoms with Crippen molar-refractivity contribution in [2.24, 2.45) is 11.0 Å². The minimum Gasteiger partial charge on any atom is -0.291 e. The molecule has 0 rings (SSSR count). The highest BCUT2D eigenvalue weighted by Gasteiger charge is 2.26. The van der Waals surface area contributed by atoms with Crippen molar-refractivity contribution in [2.45, 2.75) is 32.1 Å². The van der Waals surface area contributed by atoms with Gasteiger partial charge in [-0.1, -0.05) is 13.3 Å². The van der Waals surface area contributed by atoms with Gasteiger partial charge in [0.2, 0.25) is 5.91 Å². The molecule has 1 amide bonds. The molecule has 0 aliphatic heterocycles. The van der Waals surface area contributed by atoms with E-state index in [2.05, 4.69) is 0 Å². The van der Waals surface area contributed by atoms with E-state index < -0.39 is 11.9 Å². The van der Waals surface area contributed by atoms with Crippen LogP contribution in [0.3, 0.4) is 0 Å². The van der Waals surface area contributed by atoms with Crippen molar-refractivity contribution in [3.05, 3.63) is 0 Å². The Morgan fingerprint density at radius 1 is 1.57 bits per heavy atom. The predicted molar refractivity (Wildman–Crippen MR) is 64.6 cm³/mol. The maximum atomic E-state index is 11.7. The Kier molecular flexibility index (Phi) is 6.17. The highest BCUT2D eigenvalue weighted by Crippen LogP contribution is 2.33. The number of carbonyl (C=O) groups is 1. The molecular formula is C7H17ClN3OPS. The number of halogens is 1. The summed E-state index contributed by atoms with van der Waals surface area (Å²) in [7, 11) is 0. The van der Waals surface area contributed by atoms with Gasteiger partial charge in [-0.3, -0.25) is 20.5 Å². The van der Waals surface area contributed by atoms with Crippen molar-refractivity contribution in [3.63, 3.8) is 0 Å². The van der Waals surface area contributed by atoms with Crippen LogP contribution in [0.2, 0.25) is 0 Å². The van der Waals surface area contributed by atoms with Crippen LogP contribution < -0.4 is 11.0 Å². The van der Waals surface area contributed by atoms with Gasteiger partial charge in [0.05, 0.1) is 0 Å². The molecule has 0 bridgehead atoms. The van der Waals surface area contributed by atoms with Crippen molar-refractivity contribution < 1.29 is 4.79 Å². The molecule has 1 unspecified atom stereocenters. The Balaban J connectivity index is 4.55. The second-order valence-corrected chi connectivity index (χ2v) is 7.09. The Hall–Kier alpha value is 0.330. The smallest absolute Gasteiger partial charge is 0.246 e. The molecule has 0 heterocycles. The minimum atomic E-state index is -2.68. The van der Waals surface area contributed by atoms with Crippen LogP contribution in [0.4, 0.5) is 0 Å². The summed E-state index contributed by atoms with van der Waals surface area (Å²) >= 11 is 10.8. The summed E-state index contributed by atoms with van der Waals surface area (Å²) in [5.74, 6) is -0.246. The number of hydrogen-bond donors (Lipinski definition) is 2. The van der Waals surface area contributed by atoms with Crippen molar-refractivity contribution in [1.82, 2.24) is 4.67 Å². The molecular weight excluding hydrogens is 241 g/mol. The number of alkyl halides is 1. The lowest BCUT2D eigenvalue weighted by Crippen LogP contribution is -2.38. The maximum Gasteiger partial charge on any atom is 0.246 e. The second kappa shape index (κ2) is 6.03. The molecule has 7 heteroatoms. The zero-order chi connectivity index (χ0) is 11.4. The first-order chi connectivity index (χ1) is 6.34. The summed E-state index contributed by atoms with van der Waals surface area (Å²) in [6.07, 6.45) is 1.46. The Morgan fingerprint density at radius 3 is 2.36 bits per heavy atom. The van der Waals surface area contributed by atoms with Gasteiger partial charge < -0.3 is 0 Å². The van der Waals surface area contributed by atoms with E-state index in [0.717, 1.165) is 6.42 Å². The van der Waals surface area contributed by atoms with Crippen LogP contribution in [0.15, 0.2) is 0 Å². The van der Waals surface area contributed by atoms with E-state index in [1.165, 1.54) is 4.67 Å². The quantitative estimate of drug-likeness (QED) is 0.577. The third-order valence-electron chi connectivity index (χ3n) is 1.74. The van der Waals surface area contributed by atoms with Gasteiger partial charge in [0.15, 0.2) is 6.49 Å². The van der Waals surface area contributed by atoms with Gasteiger partial charge >= 0.3 is 0 Å². The van der Waals surface area contributed by atoms with Gasteiger partial charge in [-0.15, -0.1) is 11.6 Å². The number of nitrogens with zero attached hydrogens (tertiary/aromatic N) is 1. The third-order valence-corrected chi connectivity index (χ3v) is 3.97. The molecule has 0 aromatic heterocycles. The van der Waals surface area contributed by atoms with Crippen LogP contribution in [0.5, 0.6) is 0 Å². The number of nitrogens with two attached hydrogens (primary N) is 2. The van der Waals surface area contributed by atoms with Crippen molar-refractivity contribution in [2.75, 3.05) is 6.54 Å². The van der Waals surface area contributed by atoms with Crippen LogP contribution >= 0.6 is 18.1 Å². The summed E-state index contributed by atoms with van der Waals surface area (Å²) < 4.78 is 1.32. The Morgan fingerprint density at radius 2 is 2.07 bits per heavy atom. The number of amides is 1. The monoisotopic (exact) mass is 257 g/mol. The van der Waals surface area contributed by atoms with Crippen molar-refractivity contribution >= 4 is 35.8 Å². The summed E-state index contributed by atoms with van der Waals surface area (Å²) in [6, 6.07) is 0. The zero-order valence-corrected chi connectivity index (χ0v) is 10.9. The molecule has 1 atom stereocenters. The van der Waals surface area contributed by atoms with Crippen LogP contribution in [-0.4, -0.2) is 22.5 Å². The molecule has 0 fully saturated rings. The van der Waals surface area contributed by atoms with Crippen LogP contribution in [-0.2, 0) is 16.6 Å². The average molecular weight is 258 g/mol. The van der Waals surface area contributed by atoms with Gasteiger partial charge in [0, 0.05) is 6.54 Å². The zero-order valence-electron chi connectivity index (χ0n) is 8.44. The fraction of sp³-hybridized carbons (Fsp3) is 0.857. The first-order valence-corrected chi connectivity index (χ1v) is 7.80. The highest BCUT2D eigenvalue weighted by atomic mass is 35.5. The van der Waals surface area contributed by atoms with Crippen LogP contribution in [0, 0.1) is 0 Å². The van der Waals surface area contributed by atoms with Gasteiger partial charge in [-0.25, -0.2) is 0 Å². The average Bonchev–Trinajstić information content (AvgIpc) is 2.03. The standard InChI is InChI=1S/C7H17ClN3OPS/c1-3-5-6(8)7(12)11(4-2)13(9,10)14/h6H,3-5H2,1-2H3,(H4,9,10,14). The van der Waals surface area contributed by atoms with E-state index in [4.69, 9.17) is 34.4 Å². The Bertz CT molecular complexity index is 245. The topological polar surface area (TPSA) is 72.3 Å². The molecule has 0 aliphatic carbocycles. The number of rotatable bonds is 5. The van der Waals surface area contributed by atoms with Crippen molar-refractivity contribution in [3.8, 4) is 0 Å². The summed E-state index contributed by atoms with van der Waals surface area (Å²) in [5, 5.41) is -0.561. The van der Waals surface area contributed by atoms with Crippen LogP contribution in [0.1, 0.15) is 26.7 Å². The van der Waals surface area contributed by atoms with E-state index >= 15 is 0 Å². The molecule has 0 radical (unpaired) electrons. The minimum absolute atomic E-state index is 0.246. The van der Waals surface area contributed by atoms with Crippen LogP contribution in [0.25, 0.3) is 0 Å². The molecule has 84 valence electrons. The molecule has 14 heavy (non-hydrogen) atoms. The van der Waals surface area contributed by atoms with Gasteiger partial charge in [0.1, 0.15) is 5.38 Å². The van der Waals surface area contributed by atoms with E-state index in [0.29, 0.717) is 13.0 Å². The molecule has 0 aromatic carbocycles. The predicted octanol–water partition coefficient (Wildman–Crippen LogP) is 1.38.